The summed E-state index contributed by atoms with van der Waals surface area (Å²) in [6, 6.07) is -0.669. The molecule has 0 saturated carbocycles. The van der Waals surface area contributed by atoms with Crippen LogP contribution in [0.25, 0.3) is 0 Å². The highest BCUT2D eigenvalue weighted by molar-refractivity contribution is 5.82. The number of unbranched alkanes of at least 4 members (excludes halogenated alkanes) is 7. The zero-order chi connectivity index (χ0) is 14.7. The van der Waals surface area contributed by atoms with Gasteiger partial charge in [0.2, 0.25) is 0 Å². The fraction of sp³-hybridized carbons (Fsp3) is 0.857. The number of aliphatic carboxylic acids is 1. The van der Waals surface area contributed by atoms with Crippen LogP contribution in [0.1, 0.15) is 64.7 Å². The molecule has 19 heavy (non-hydrogen) atoms. The molecular weight excluding hydrogens is 242 g/mol. The summed E-state index contributed by atoms with van der Waals surface area (Å²) in [5.74, 6) is -1.09. The second kappa shape index (κ2) is 10.6. The molecule has 0 aliphatic heterocycles. The molecule has 0 aromatic carbocycles. The van der Waals surface area contributed by atoms with Gasteiger partial charge in [-0.05, 0) is 6.42 Å². The van der Waals surface area contributed by atoms with Gasteiger partial charge in [0, 0.05) is 7.05 Å². The Kier molecular flexibility index (Phi) is 9.94. The first-order valence-corrected chi connectivity index (χ1v) is 7.30. The minimum absolute atomic E-state index is 0.188. The van der Waals surface area contributed by atoms with E-state index in [1.807, 2.05) is 0 Å². The minimum atomic E-state index is -0.902. The molecule has 4 N–H and O–H groups in total. The predicted molar refractivity (Wildman–Crippen MR) is 78.3 cm³/mol. The molecule has 0 rings (SSSR count). The van der Waals surface area contributed by atoms with Crippen LogP contribution in [0.4, 0.5) is 0 Å². The van der Waals surface area contributed by atoms with Gasteiger partial charge in [-0.3, -0.25) is 5.41 Å². The van der Waals surface area contributed by atoms with Crippen molar-refractivity contribution in [1.29, 1.82) is 5.41 Å². The summed E-state index contributed by atoms with van der Waals surface area (Å²) in [6.45, 7) is 2.21. The molecule has 1 unspecified atom stereocenters. The van der Waals surface area contributed by atoms with E-state index in [4.69, 9.17) is 16.2 Å². The lowest BCUT2D eigenvalue weighted by Gasteiger charge is -2.24. The molecule has 0 fully saturated rings. The summed E-state index contributed by atoms with van der Waals surface area (Å²) in [4.78, 5) is 12.4. The van der Waals surface area contributed by atoms with E-state index < -0.39 is 12.0 Å². The van der Waals surface area contributed by atoms with E-state index in [-0.39, 0.29) is 5.96 Å². The molecule has 0 aromatic rings. The highest BCUT2D eigenvalue weighted by Gasteiger charge is 2.22. The van der Waals surface area contributed by atoms with Crippen LogP contribution in [0.15, 0.2) is 0 Å². The largest absolute Gasteiger partial charge is 0.480 e. The average molecular weight is 271 g/mol. The highest BCUT2D eigenvalue weighted by atomic mass is 16.4. The molecule has 0 bridgehead atoms. The van der Waals surface area contributed by atoms with Gasteiger partial charge in [-0.15, -0.1) is 0 Å². The number of hydrogen-bond donors (Lipinski definition) is 3. The second-order valence-electron chi connectivity index (χ2n) is 5.11. The van der Waals surface area contributed by atoms with Crippen LogP contribution in [0, 0.1) is 5.41 Å². The Bertz CT molecular complexity index is 269. The maximum Gasteiger partial charge on any atom is 0.326 e. The summed E-state index contributed by atoms with van der Waals surface area (Å²) in [6.07, 6.45) is 10.1. The summed E-state index contributed by atoms with van der Waals surface area (Å²) in [5.41, 5.74) is 5.32. The molecule has 5 heteroatoms. The van der Waals surface area contributed by atoms with Gasteiger partial charge in [0.05, 0.1) is 0 Å². The fourth-order valence-electron chi connectivity index (χ4n) is 2.12. The third-order valence-corrected chi connectivity index (χ3v) is 3.46. The Morgan fingerprint density at radius 3 is 2.05 bits per heavy atom. The maximum atomic E-state index is 11.1. The standard InChI is InChI=1S/C14H29N3O2/c1-3-4-5-6-7-8-9-10-11-12(13(18)19)17(2)14(15)16/h12H,3-11H2,1-2H3,(H3,15,16)(H,18,19). The minimum Gasteiger partial charge on any atom is -0.480 e. The van der Waals surface area contributed by atoms with Gasteiger partial charge in [0.15, 0.2) is 5.96 Å². The van der Waals surface area contributed by atoms with E-state index in [0.29, 0.717) is 6.42 Å². The van der Waals surface area contributed by atoms with Crippen LogP contribution in [-0.2, 0) is 4.79 Å². The SMILES string of the molecule is CCCCCCCCCCC(C(=O)O)N(C)C(=N)N. The van der Waals surface area contributed by atoms with Crippen LogP contribution in [0.2, 0.25) is 0 Å². The van der Waals surface area contributed by atoms with Crippen molar-refractivity contribution >= 4 is 11.9 Å². The third kappa shape index (κ3) is 8.46. The van der Waals surface area contributed by atoms with Gasteiger partial charge in [-0.2, -0.15) is 0 Å². The Morgan fingerprint density at radius 2 is 1.63 bits per heavy atom. The lowest BCUT2D eigenvalue weighted by Crippen LogP contribution is -2.45. The van der Waals surface area contributed by atoms with Gasteiger partial charge in [-0.1, -0.05) is 58.3 Å². The molecule has 0 amide bonds. The number of carbonyl (C=O) groups is 1. The van der Waals surface area contributed by atoms with Crippen molar-refractivity contribution in [3.8, 4) is 0 Å². The highest BCUT2D eigenvalue weighted by Crippen LogP contribution is 2.12. The van der Waals surface area contributed by atoms with E-state index in [1.54, 1.807) is 7.05 Å². The molecule has 0 aromatic heterocycles. The second-order valence-corrected chi connectivity index (χ2v) is 5.11. The number of nitrogens with zero attached hydrogens (tertiary/aromatic N) is 1. The Morgan fingerprint density at radius 1 is 1.16 bits per heavy atom. The van der Waals surface area contributed by atoms with Gasteiger partial charge in [0.1, 0.15) is 6.04 Å². The van der Waals surface area contributed by atoms with Crippen molar-refractivity contribution in [2.75, 3.05) is 7.05 Å². The number of carboxylic acid groups (broad SMARTS) is 1. The van der Waals surface area contributed by atoms with E-state index >= 15 is 0 Å². The monoisotopic (exact) mass is 271 g/mol. The van der Waals surface area contributed by atoms with Crippen molar-refractivity contribution in [2.24, 2.45) is 5.73 Å². The first kappa shape index (κ1) is 17.7. The third-order valence-electron chi connectivity index (χ3n) is 3.46. The molecule has 0 radical (unpaired) electrons. The van der Waals surface area contributed by atoms with Crippen molar-refractivity contribution in [3.05, 3.63) is 0 Å². The smallest absolute Gasteiger partial charge is 0.326 e. The number of hydrogen-bond acceptors (Lipinski definition) is 2. The Labute approximate surface area is 116 Å². The van der Waals surface area contributed by atoms with Gasteiger partial charge < -0.3 is 15.7 Å². The number of guanidine groups is 1. The molecule has 0 heterocycles. The number of nitrogens with two attached hydrogens (primary N) is 1. The van der Waals surface area contributed by atoms with Crippen molar-refractivity contribution < 1.29 is 9.90 Å². The number of nitrogens with one attached hydrogen (secondary N) is 1. The lowest BCUT2D eigenvalue weighted by molar-refractivity contribution is -0.141. The van der Waals surface area contributed by atoms with Crippen molar-refractivity contribution in [2.45, 2.75) is 70.8 Å². The Hall–Kier alpha value is -1.26. The molecule has 0 aliphatic rings. The first-order chi connectivity index (χ1) is 9.00. The van der Waals surface area contributed by atoms with E-state index in [0.717, 1.165) is 12.8 Å². The molecular formula is C14H29N3O2. The summed E-state index contributed by atoms with van der Waals surface area (Å²) in [7, 11) is 1.56. The molecule has 1 atom stereocenters. The van der Waals surface area contributed by atoms with Crippen LogP contribution in [-0.4, -0.2) is 35.0 Å². The van der Waals surface area contributed by atoms with Crippen LogP contribution in [0.3, 0.4) is 0 Å². The van der Waals surface area contributed by atoms with Gasteiger partial charge in [0.25, 0.3) is 0 Å². The number of likely N-dealkylation sites (N-methyl/N-ethyl adjacent to an activating group) is 1. The lowest BCUT2D eigenvalue weighted by atomic mass is 10.0. The van der Waals surface area contributed by atoms with Gasteiger partial charge >= 0.3 is 5.97 Å². The summed E-state index contributed by atoms with van der Waals surface area (Å²) in [5, 5.41) is 16.4. The zero-order valence-electron chi connectivity index (χ0n) is 12.3. The van der Waals surface area contributed by atoms with Crippen LogP contribution in [0.5, 0.6) is 0 Å². The maximum absolute atomic E-state index is 11.1. The molecule has 0 saturated heterocycles. The van der Waals surface area contributed by atoms with E-state index in [2.05, 4.69) is 6.92 Å². The summed E-state index contributed by atoms with van der Waals surface area (Å²) >= 11 is 0. The quantitative estimate of drug-likeness (QED) is 0.306. The Balaban J connectivity index is 3.71. The number of rotatable bonds is 11. The normalized spacial score (nSPS) is 12.1. The first-order valence-electron chi connectivity index (χ1n) is 7.30. The average Bonchev–Trinajstić information content (AvgIpc) is 2.35. The topological polar surface area (TPSA) is 90.4 Å². The fourth-order valence-corrected chi connectivity index (χ4v) is 2.12. The summed E-state index contributed by atoms with van der Waals surface area (Å²) < 4.78 is 0. The molecule has 0 spiro atoms. The number of carboxylic acids is 1. The van der Waals surface area contributed by atoms with E-state index in [1.165, 1.54) is 43.4 Å². The molecule has 0 aliphatic carbocycles. The van der Waals surface area contributed by atoms with Gasteiger partial charge in [-0.25, -0.2) is 4.79 Å². The molecule has 5 nitrogen and oxygen atoms in total. The van der Waals surface area contributed by atoms with E-state index in [9.17, 15) is 4.79 Å². The van der Waals surface area contributed by atoms with Crippen molar-refractivity contribution in [3.63, 3.8) is 0 Å². The van der Waals surface area contributed by atoms with Crippen molar-refractivity contribution in [1.82, 2.24) is 4.90 Å². The predicted octanol–water partition coefficient (Wildman–Crippen LogP) is 2.80. The van der Waals surface area contributed by atoms with Crippen LogP contribution >= 0.6 is 0 Å². The van der Waals surface area contributed by atoms with Crippen LogP contribution < -0.4 is 5.73 Å². The zero-order valence-corrected chi connectivity index (χ0v) is 12.3. The molecule has 112 valence electrons.